The highest BCUT2D eigenvalue weighted by atomic mass is 32.1. The van der Waals surface area contributed by atoms with Crippen molar-refractivity contribution in [1.82, 2.24) is 10.3 Å². The number of thiazole rings is 1. The molecule has 0 saturated carbocycles. The molecule has 0 fully saturated rings. The van der Waals surface area contributed by atoms with E-state index in [1.165, 1.54) is 4.88 Å². The van der Waals surface area contributed by atoms with Crippen LogP contribution >= 0.6 is 11.3 Å². The summed E-state index contributed by atoms with van der Waals surface area (Å²) in [5.41, 5.74) is 1.11. The number of aliphatic hydroxyl groups excluding tert-OH is 1. The maximum atomic E-state index is 9.39. The summed E-state index contributed by atoms with van der Waals surface area (Å²) in [7, 11) is 0. The van der Waals surface area contributed by atoms with E-state index in [9.17, 15) is 5.11 Å². The lowest BCUT2D eigenvalue weighted by molar-refractivity contribution is 0.244. The summed E-state index contributed by atoms with van der Waals surface area (Å²) in [5, 5.41) is 13.8. The first-order valence-corrected chi connectivity index (χ1v) is 6.41. The largest absolute Gasteiger partial charge is 0.394 e. The highest BCUT2D eigenvalue weighted by Crippen LogP contribution is 2.15. The van der Waals surface area contributed by atoms with E-state index in [4.69, 9.17) is 0 Å². The van der Waals surface area contributed by atoms with Gasteiger partial charge < -0.3 is 10.4 Å². The summed E-state index contributed by atoms with van der Waals surface area (Å²) >= 11 is 1.68. The fourth-order valence-electron chi connectivity index (χ4n) is 1.68. The molecule has 0 aliphatic carbocycles. The number of aryl methyl sites for hydroxylation is 1. The maximum absolute atomic E-state index is 9.39. The lowest BCUT2D eigenvalue weighted by atomic mass is 10.1. The van der Waals surface area contributed by atoms with Gasteiger partial charge in [-0.15, -0.1) is 11.3 Å². The zero-order valence-electron chi connectivity index (χ0n) is 9.76. The number of nitrogens with zero attached hydrogens (tertiary/aromatic N) is 1. The van der Waals surface area contributed by atoms with E-state index in [1.54, 1.807) is 11.3 Å². The van der Waals surface area contributed by atoms with E-state index >= 15 is 0 Å². The van der Waals surface area contributed by atoms with Gasteiger partial charge in [-0.1, -0.05) is 30.3 Å². The summed E-state index contributed by atoms with van der Waals surface area (Å²) in [6.45, 7) is 2.84. The average Bonchev–Trinajstić information content (AvgIpc) is 2.77. The second-order valence-corrected chi connectivity index (χ2v) is 5.19. The van der Waals surface area contributed by atoms with Crippen molar-refractivity contribution in [3.63, 3.8) is 0 Å². The first kappa shape index (κ1) is 12.2. The maximum Gasteiger partial charge on any atom is 0.0897 e. The number of nitrogens with one attached hydrogen (secondary N) is 1. The van der Waals surface area contributed by atoms with E-state index in [-0.39, 0.29) is 12.6 Å². The normalized spacial score (nSPS) is 12.6. The van der Waals surface area contributed by atoms with Crippen LogP contribution in [0.25, 0.3) is 0 Å². The minimum absolute atomic E-state index is 0.0152. The van der Waals surface area contributed by atoms with Crippen LogP contribution in [-0.2, 0) is 6.54 Å². The van der Waals surface area contributed by atoms with E-state index < -0.39 is 0 Å². The van der Waals surface area contributed by atoms with Gasteiger partial charge in [0.25, 0.3) is 0 Å². The Labute approximate surface area is 105 Å². The van der Waals surface area contributed by atoms with Crippen molar-refractivity contribution in [1.29, 1.82) is 0 Å². The van der Waals surface area contributed by atoms with Crippen molar-refractivity contribution in [2.24, 2.45) is 0 Å². The molecule has 0 aliphatic rings. The first-order chi connectivity index (χ1) is 8.29. The summed E-state index contributed by atoms with van der Waals surface area (Å²) < 4.78 is 0. The Bertz CT molecular complexity index is 455. The van der Waals surface area contributed by atoms with Crippen LogP contribution in [0.3, 0.4) is 0 Å². The zero-order chi connectivity index (χ0) is 12.1. The lowest BCUT2D eigenvalue weighted by Crippen LogP contribution is -2.23. The van der Waals surface area contributed by atoms with Gasteiger partial charge in [-0.3, -0.25) is 0 Å². The van der Waals surface area contributed by atoms with E-state index in [1.807, 2.05) is 43.5 Å². The Balaban J connectivity index is 1.97. The second kappa shape index (κ2) is 5.91. The zero-order valence-corrected chi connectivity index (χ0v) is 10.6. The quantitative estimate of drug-likeness (QED) is 0.853. The molecule has 17 heavy (non-hydrogen) atoms. The SMILES string of the molecule is Cc1ncc(CNC(CO)c2ccccc2)s1. The number of aliphatic hydroxyl groups is 1. The van der Waals surface area contributed by atoms with Crippen molar-refractivity contribution in [3.8, 4) is 0 Å². The summed E-state index contributed by atoms with van der Waals surface area (Å²) in [6, 6.07) is 9.97. The monoisotopic (exact) mass is 248 g/mol. The Morgan fingerprint density at radius 2 is 2.12 bits per heavy atom. The molecule has 1 unspecified atom stereocenters. The van der Waals surface area contributed by atoms with Gasteiger partial charge in [-0.25, -0.2) is 4.98 Å². The lowest BCUT2D eigenvalue weighted by Gasteiger charge is -2.15. The molecule has 1 heterocycles. The third kappa shape index (κ3) is 3.36. The van der Waals surface area contributed by atoms with Crippen LogP contribution in [0.5, 0.6) is 0 Å². The minimum atomic E-state index is -0.0152. The molecule has 1 aromatic carbocycles. The van der Waals surface area contributed by atoms with Crippen LogP contribution in [0.4, 0.5) is 0 Å². The van der Waals surface area contributed by atoms with Gasteiger partial charge in [0.05, 0.1) is 17.7 Å². The van der Waals surface area contributed by atoms with Crippen molar-refractivity contribution in [2.75, 3.05) is 6.61 Å². The molecule has 3 nitrogen and oxygen atoms in total. The Morgan fingerprint density at radius 3 is 2.71 bits per heavy atom. The summed E-state index contributed by atoms with van der Waals surface area (Å²) in [4.78, 5) is 5.40. The van der Waals surface area contributed by atoms with Gasteiger partial charge in [0.15, 0.2) is 0 Å². The molecule has 2 rings (SSSR count). The second-order valence-electron chi connectivity index (χ2n) is 3.87. The van der Waals surface area contributed by atoms with Gasteiger partial charge in [0.1, 0.15) is 0 Å². The predicted molar refractivity (Wildman–Crippen MR) is 70.0 cm³/mol. The fraction of sp³-hybridized carbons (Fsp3) is 0.308. The summed E-state index contributed by atoms with van der Waals surface area (Å²) in [6.07, 6.45) is 1.88. The molecule has 90 valence electrons. The van der Waals surface area contributed by atoms with Gasteiger partial charge in [0, 0.05) is 17.6 Å². The molecule has 1 atom stereocenters. The molecule has 1 aromatic heterocycles. The molecule has 0 spiro atoms. The van der Waals surface area contributed by atoms with Crippen molar-refractivity contribution in [2.45, 2.75) is 19.5 Å². The Morgan fingerprint density at radius 1 is 1.35 bits per heavy atom. The van der Waals surface area contributed by atoms with Crippen LogP contribution in [0.2, 0.25) is 0 Å². The molecule has 0 amide bonds. The Kier molecular flexibility index (Phi) is 4.25. The number of hydrogen-bond acceptors (Lipinski definition) is 4. The Hall–Kier alpha value is -1.23. The number of benzene rings is 1. The molecule has 2 aromatic rings. The molecule has 0 saturated heterocycles. The molecule has 0 bridgehead atoms. The highest BCUT2D eigenvalue weighted by molar-refractivity contribution is 7.11. The van der Waals surface area contributed by atoms with Crippen molar-refractivity contribution >= 4 is 11.3 Å². The molecule has 0 radical (unpaired) electrons. The standard InChI is InChI=1S/C13H16N2OS/c1-10-14-7-12(17-10)8-15-13(9-16)11-5-3-2-4-6-11/h2-7,13,15-16H,8-9H2,1H3. The van der Waals surface area contributed by atoms with Gasteiger partial charge in [0.2, 0.25) is 0 Å². The smallest absolute Gasteiger partial charge is 0.0897 e. The van der Waals surface area contributed by atoms with Crippen LogP contribution < -0.4 is 5.32 Å². The average molecular weight is 248 g/mol. The third-order valence-electron chi connectivity index (χ3n) is 2.58. The fourth-order valence-corrected chi connectivity index (χ4v) is 2.43. The third-order valence-corrected chi connectivity index (χ3v) is 3.49. The van der Waals surface area contributed by atoms with Crippen LogP contribution in [0, 0.1) is 6.92 Å². The molecule has 2 N–H and O–H groups in total. The van der Waals surface area contributed by atoms with Crippen LogP contribution in [-0.4, -0.2) is 16.7 Å². The van der Waals surface area contributed by atoms with Gasteiger partial charge in [-0.05, 0) is 12.5 Å². The van der Waals surface area contributed by atoms with Crippen molar-refractivity contribution in [3.05, 3.63) is 52.0 Å². The minimum Gasteiger partial charge on any atom is -0.394 e. The number of hydrogen-bond donors (Lipinski definition) is 2. The molecule has 4 heteroatoms. The topological polar surface area (TPSA) is 45.2 Å². The molecular weight excluding hydrogens is 232 g/mol. The molecule has 0 aliphatic heterocycles. The van der Waals surface area contributed by atoms with Crippen LogP contribution in [0.15, 0.2) is 36.5 Å². The number of rotatable bonds is 5. The predicted octanol–water partition coefficient (Wildman–Crippen LogP) is 2.27. The van der Waals surface area contributed by atoms with Crippen molar-refractivity contribution < 1.29 is 5.11 Å². The van der Waals surface area contributed by atoms with Gasteiger partial charge in [-0.2, -0.15) is 0 Å². The van der Waals surface area contributed by atoms with E-state index in [2.05, 4.69) is 10.3 Å². The van der Waals surface area contributed by atoms with E-state index in [0.29, 0.717) is 0 Å². The number of aromatic nitrogens is 1. The van der Waals surface area contributed by atoms with E-state index in [0.717, 1.165) is 17.1 Å². The van der Waals surface area contributed by atoms with Crippen LogP contribution in [0.1, 0.15) is 21.5 Å². The highest BCUT2D eigenvalue weighted by Gasteiger charge is 2.09. The molecular formula is C13H16N2OS. The first-order valence-electron chi connectivity index (χ1n) is 5.60. The van der Waals surface area contributed by atoms with Gasteiger partial charge >= 0.3 is 0 Å². The summed E-state index contributed by atoms with van der Waals surface area (Å²) in [5.74, 6) is 0.